The summed E-state index contributed by atoms with van der Waals surface area (Å²) in [7, 11) is 0. The smallest absolute Gasteiger partial charge is 0.287 e. The molecule has 0 unspecified atom stereocenters. The van der Waals surface area contributed by atoms with E-state index in [1.807, 2.05) is 0 Å². The van der Waals surface area contributed by atoms with E-state index in [0.717, 1.165) is 17.9 Å². The fraction of sp³-hybridized carbons (Fsp3) is 0.455. The average Bonchev–Trinajstić information content (AvgIpc) is 2.25. The van der Waals surface area contributed by atoms with Crippen molar-refractivity contribution in [2.24, 2.45) is 9.98 Å². The molecule has 20 heavy (non-hydrogen) atoms. The Morgan fingerprint density at radius 2 is 1.55 bits per heavy atom. The molecule has 2 rings (SSSR count). The maximum Gasteiger partial charge on any atom is 0.443 e. The molecular weight excluding hydrogens is 288 g/mol. The highest BCUT2D eigenvalue weighted by Gasteiger charge is 2.73. The van der Waals surface area contributed by atoms with Gasteiger partial charge in [0.25, 0.3) is 0 Å². The van der Waals surface area contributed by atoms with Crippen molar-refractivity contribution in [3.05, 3.63) is 23.9 Å². The SMILES string of the molecule is CC1=CC=CC2=NC(C(F)(F)F)(C(F)(F)F)N=C(C)N12. The zero-order valence-corrected chi connectivity index (χ0v) is 10.3. The van der Waals surface area contributed by atoms with Crippen molar-refractivity contribution < 1.29 is 26.3 Å². The zero-order valence-electron chi connectivity index (χ0n) is 10.3. The molecule has 0 saturated heterocycles. The van der Waals surface area contributed by atoms with Gasteiger partial charge in [0.2, 0.25) is 0 Å². The Hall–Kier alpha value is -1.80. The van der Waals surface area contributed by atoms with Crippen molar-refractivity contribution in [1.29, 1.82) is 0 Å². The first-order chi connectivity index (χ1) is 8.99. The van der Waals surface area contributed by atoms with Gasteiger partial charge in [-0.3, -0.25) is 4.90 Å². The zero-order chi connectivity index (χ0) is 15.3. The summed E-state index contributed by atoms with van der Waals surface area (Å²) in [5, 5.41) is 0. The molecule has 0 aromatic rings. The minimum atomic E-state index is -5.67. The number of amidine groups is 2. The van der Waals surface area contributed by atoms with Crippen LogP contribution in [0.5, 0.6) is 0 Å². The highest BCUT2D eigenvalue weighted by Crippen LogP contribution is 2.49. The van der Waals surface area contributed by atoms with Gasteiger partial charge in [-0.05, 0) is 26.0 Å². The molecule has 0 fully saturated rings. The molecule has 0 aliphatic carbocycles. The maximum atomic E-state index is 12.9. The average molecular weight is 297 g/mol. The van der Waals surface area contributed by atoms with Gasteiger partial charge in [-0.1, -0.05) is 6.08 Å². The lowest BCUT2D eigenvalue weighted by Gasteiger charge is -2.38. The number of rotatable bonds is 0. The highest BCUT2D eigenvalue weighted by atomic mass is 19.4. The lowest BCUT2D eigenvalue weighted by molar-refractivity contribution is -0.292. The van der Waals surface area contributed by atoms with Crippen LogP contribution >= 0.6 is 0 Å². The van der Waals surface area contributed by atoms with Gasteiger partial charge in [-0.15, -0.1) is 0 Å². The van der Waals surface area contributed by atoms with E-state index in [9.17, 15) is 26.3 Å². The Kier molecular flexibility index (Phi) is 2.99. The van der Waals surface area contributed by atoms with E-state index in [1.54, 1.807) is 0 Å². The number of allylic oxidation sites excluding steroid dienone is 3. The normalized spacial score (nSPS) is 22.0. The Labute approximate surface area is 110 Å². The van der Waals surface area contributed by atoms with Crippen LogP contribution in [0, 0.1) is 0 Å². The molecule has 0 N–H and O–H groups in total. The second-order valence-electron chi connectivity index (χ2n) is 4.30. The standard InChI is InChI=1S/C11H9F6N3/c1-6-4-3-5-8-19-9(10(12,13)14,11(15,16)17)18-7(2)20(6)8/h3-5H,1-2H3. The van der Waals surface area contributed by atoms with E-state index in [2.05, 4.69) is 9.98 Å². The summed E-state index contributed by atoms with van der Waals surface area (Å²) in [6.45, 7) is 2.61. The molecule has 9 heteroatoms. The quantitative estimate of drug-likeness (QED) is 0.630. The van der Waals surface area contributed by atoms with Gasteiger partial charge < -0.3 is 0 Å². The van der Waals surface area contributed by atoms with Gasteiger partial charge >= 0.3 is 18.0 Å². The molecule has 110 valence electrons. The first-order valence-corrected chi connectivity index (χ1v) is 5.44. The van der Waals surface area contributed by atoms with E-state index < -0.39 is 29.7 Å². The van der Waals surface area contributed by atoms with Crippen molar-refractivity contribution >= 4 is 11.7 Å². The van der Waals surface area contributed by atoms with Crippen molar-refractivity contribution in [1.82, 2.24) is 4.90 Å². The van der Waals surface area contributed by atoms with Gasteiger partial charge in [-0.2, -0.15) is 26.3 Å². The Balaban J connectivity index is 2.67. The van der Waals surface area contributed by atoms with E-state index in [1.165, 1.54) is 19.1 Å². The van der Waals surface area contributed by atoms with Gasteiger partial charge in [0, 0.05) is 5.70 Å². The first kappa shape index (κ1) is 14.6. The molecule has 0 amide bonds. The van der Waals surface area contributed by atoms with Gasteiger partial charge in [0.15, 0.2) is 0 Å². The molecule has 2 aliphatic rings. The van der Waals surface area contributed by atoms with Crippen molar-refractivity contribution in [3.63, 3.8) is 0 Å². The van der Waals surface area contributed by atoms with E-state index in [4.69, 9.17) is 0 Å². The lowest BCUT2D eigenvalue weighted by atomic mass is 10.1. The number of hydrogen-bond acceptors (Lipinski definition) is 3. The third-order valence-corrected chi connectivity index (χ3v) is 2.88. The van der Waals surface area contributed by atoms with Crippen molar-refractivity contribution in [3.8, 4) is 0 Å². The Bertz CT molecular complexity index is 535. The van der Waals surface area contributed by atoms with E-state index in [-0.39, 0.29) is 0 Å². The summed E-state index contributed by atoms with van der Waals surface area (Å²) in [6.07, 6.45) is -7.40. The van der Waals surface area contributed by atoms with Gasteiger partial charge in [0.1, 0.15) is 11.7 Å². The number of fused-ring (bicyclic) bond motifs is 1. The molecular formula is C11H9F6N3. The molecule has 2 heterocycles. The number of aliphatic imine (C=N–C) groups is 2. The minimum absolute atomic E-state index is 0.414. The summed E-state index contributed by atoms with van der Waals surface area (Å²) in [5.41, 5.74) is -4.01. The van der Waals surface area contributed by atoms with Crippen LogP contribution in [0.3, 0.4) is 0 Å². The van der Waals surface area contributed by atoms with Crippen molar-refractivity contribution in [2.75, 3.05) is 0 Å². The molecule has 0 bridgehead atoms. The second-order valence-corrected chi connectivity index (χ2v) is 4.30. The molecule has 0 saturated carbocycles. The molecule has 0 radical (unpaired) electrons. The van der Waals surface area contributed by atoms with Crippen LogP contribution in [-0.4, -0.2) is 34.6 Å². The van der Waals surface area contributed by atoms with Crippen LogP contribution in [0.1, 0.15) is 13.8 Å². The summed E-state index contributed by atoms with van der Waals surface area (Å²) in [4.78, 5) is 6.81. The number of halogens is 6. The third kappa shape index (κ3) is 1.92. The molecule has 3 nitrogen and oxygen atoms in total. The number of nitrogens with zero attached hydrogens (tertiary/aromatic N) is 3. The van der Waals surface area contributed by atoms with Crippen LogP contribution in [-0.2, 0) is 0 Å². The van der Waals surface area contributed by atoms with Crippen LogP contribution in [0.4, 0.5) is 26.3 Å². The summed E-state index contributed by atoms with van der Waals surface area (Å²) in [6, 6.07) is 0. The first-order valence-electron chi connectivity index (χ1n) is 5.44. The summed E-state index contributed by atoms with van der Waals surface area (Å²) >= 11 is 0. The van der Waals surface area contributed by atoms with Crippen LogP contribution in [0.25, 0.3) is 0 Å². The lowest BCUT2D eigenvalue weighted by Crippen LogP contribution is -2.58. The molecule has 2 aliphatic heterocycles. The molecule has 0 atom stereocenters. The monoisotopic (exact) mass is 297 g/mol. The van der Waals surface area contributed by atoms with Crippen molar-refractivity contribution in [2.45, 2.75) is 31.9 Å². The van der Waals surface area contributed by atoms with E-state index >= 15 is 0 Å². The second kappa shape index (κ2) is 4.10. The van der Waals surface area contributed by atoms with Gasteiger partial charge in [0.05, 0.1) is 0 Å². The Morgan fingerprint density at radius 3 is 2.05 bits per heavy atom. The Morgan fingerprint density at radius 1 is 1.00 bits per heavy atom. The molecule has 0 aromatic heterocycles. The minimum Gasteiger partial charge on any atom is -0.287 e. The predicted octanol–water partition coefficient (Wildman–Crippen LogP) is 3.41. The van der Waals surface area contributed by atoms with Crippen LogP contribution in [0.2, 0.25) is 0 Å². The summed E-state index contributed by atoms with van der Waals surface area (Å²) < 4.78 is 77.6. The molecule has 0 spiro atoms. The topological polar surface area (TPSA) is 28.0 Å². The fourth-order valence-electron chi connectivity index (χ4n) is 2.00. The van der Waals surface area contributed by atoms with Crippen LogP contribution < -0.4 is 0 Å². The summed E-state index contributed by atoms with van der Waals surface area (Å²) in [5.74, 6) is -0.852. The maximum absolute atomic E-state index is 12.9. The number of hydrogen-bond donors (Lipinski definition) is 0. The third-order valence-electron chi connectivity index (χ3n) is 2.88. The number of alkyl halides is 6. The highest BCUT2D eigenvalue weighted by molar-refractivity contribution is 6.09. The fourth-order valence-corrected chi connectivity index (χ4v) is 2.00. The van der Waals surface area contributed by atoms with Crippen LogP contribution in [0.15, 0.2) is 33.9 Å². The largest absolute Gasteiger partial charge is 0.443 e. The van der Waals surface area contributed by atoms with E-state index in [0.29, 0.717) is 5.70 Å². The predicted molar refractivity (Wildman–Crippen MR) is 60.1 cm³/mol. The molecule has 0 aromatic carbocycles. The van der Waals surface area contributed by atoms with Gasteiger partial charge in [-0.25, -0.2) is 9.98 Å².